The van der Waals surface area contributed by atoms with Crippen LogP contribution in [-0.2, 0) is 11.3 Å². The molecule has 2 aliphatic rings. The fourth-order valence-corrected chi connectivity index (χ4v) is 4.59. The molecule has 6 nitrogen and oxygen atoms in total. The van der Waals surface area contributed by atoms with Crippen LogP contribution in [0.25, 0.3) is 0 Å². The fraction of sp³-hybridized carbons (Fsp3) is 0.522. The van der Waals surface area contributed by atoms with E-state index in [1.165, 1.54) is 5.56 Å². The summed E-state index contributed by atoms with van der Waals surface area (Å²) in [7, 11) is 0. The lowest BCUT2D eigenvalue weighted by Crippen LogP contribution is -2.35. The standard InChI is InChI=1S/C23H30N4O2/c1-17(28)20-8-4-5-18(15-20)16-26-13-10-21(11-14-26)27-22(9-12-24-27)25-23(29)19-6-2-3-7-19/h4-5,8-9,12,15,19,21H,2-3,6-7,10-11,13-14,16H2,1H3,(H,25,29). The molecule has 2 aromatic rings. The Hall–Kier alpha value is -2.47. The van der Waals surface area contributed by atoms with Gasteiger partial charge in [0.25, 0.3) is 0 Å². The van der Waals surface area contributed by atoms with E-state index in [1.54, 1.807) is 13.1 Å². The van der Waals surface area contributed by atoms with Crippen LogP contribution < -0.4 is 5.32 Å². The van der Waals surface area contributed by atoms with E-state index in [2.05, 4.69) is 21.4 Å². The number of nitrogens with zero attached hydrogens (tertiary/aromatic N) is 3. The zero-order valence-corrected chi connectivity index (χ0v) is 17.1. The van der Waals surface area contributed by atoms with Crippen LogP contribution >= 0.6 is 0 Å². The molecule has 154 valence electrons. The minimum Gasteiger partial charge on any atom is -0.311 e. The molecule has 1 saturated heterocycles. The summed E-state index contributed by atoms with van der Waals surface area (Å²) < 4.78 is 2.00. The SMILES string of the molecule is CC(=O)c1cccc(CN2CCC(n3nccc3NC(=O)C3CCCC3)CC2)c1. The fourth-order valence-electron chi connectivity index (χ4n) is 4.59. The highest BCUT2D eigenvalue weighted by atomic mass is 16.2. The van der Waals surface area contributed by atoms with Crippen LogP contribution in [0.2, 0.25) is 0 Å². The monoisotopic (exact) mass is 394 g/mol. The highest BCUT2D eigenvalue weighted by Crippen LogP contribution is 2.29. The minimum atomic E-state index is 0.108. The van der Waals surface area contributed by atoms with Crippen LogP contribution in [-0.4, -0.2) is 39.5 Å². The van der Waals surface area contributed by atoms with Gasteiger partial charge in [0, 0.05) is 37.2 Å². The predicted octanol–water partition coefficient (Wildman–Crippen LogP) is 4.05. The number of carbonyl (C=O) groups is 2. The molecule has 0 atom stereocenters. The van der Waals surface area contributed by atoms with Crippen LogP contribution in [0.4, 0.5) is 5.82 Å². The lowest BCUT2D eigenvalue weighted by Gasteiger charge is -2.32. The van der Waals surface area contributed by atoms with E-state index in [0.717, 1.165) is 69.5 Å². The van der Waals surface area contributed by atoms with Crippen molar-refractivity contribution >= 4 is 17.5 Å². The van der Waals surface area contributed by atoms with E-state index in [1.807, 2.05) is 28.9 Å². The summed E-state index contributed by atoms with van der Waals surface area (Å²) in [5.74, 6) is 1.24. The summed E-state index contributed by atoms with van der Waals surface area (Å²) in [5.41, 5.74) is 1.95. The van der Waals surface area contributed by atoms with E-state index < -0.39 is 0 Å². The molecule has 29 heavy (non-hydrogen) atoms. The average molecular weight is 395 g/mol. The zero-order chi connectivity index (χ0) is 20.2. The lowest BCUT2D eigenvalue weighted by molar-refractivity contribution is -0.119. The molecule has 2 heterocycles. The van der Waals surface area contributed by atoms with E-state index in [-0.39, 0.29) is 17.6 Å². The summed E-state index contributed by atoms with van der Waals surface area (Å²) in [6.45, 7) is 4.42. The van der Waals surface area contributed by atoms with Gasteiger partial charge in [0.1, 0.15) is 5.82 Å². The van der Waals surface area contributed by atoms with Crippen LogP contribution in [0.3, 0.4) is 0 Å². The first kappa shape index (κ1) is 19.8. The highest BCUT2D eigenvalue weighted by molar-refractivity contribution is 5.94. The van der Waals surface area contributed by atoms with Crippen LogP contribution in [0.15, 0.2) is 36.5 Å². The van der Waals surface area contributed by atoms with E-state index in [4.69, 9.17) is 0 Å². The Morgan fingerprint density at radius 3 is 2.59 bits per heavy atom. The van der Waals surface area contributed by atoms with Crippen molar-refractivity contribution in [2.75, 3.05) is 18.4 Å². The summed E-state index contributed by atoms with van der Waals surface area (Å²) in [6.07, 6.45) is 8.10. The minimum absolute atomic E-state index is 0.108. The van der Waals surface area contributed by atoms with E-state index >= 15 is 0 Å². The Morgan fingerprint density at radius 2 is 1.86 bits per heavy atom. The number of anilines is 1. The highest BCUT2D eigenvalue weighted by Gasteiger charge is 2.26. The Balaban J connectivity index is 1.33. The first-order valence-corrected chi connectivity index (χ1v) is 10.8. The molecule has 0 bridgehead atoms. The van der Waals surface area contributed by atoms with Gasteiger partial charge < -0.3 is 5.32 Å². The van der Waals surface area contributed by atoms with Crippen molar-refractivity contribution in [3.63, 3.8) is 0 Å². The summed E-state index contributed by atoms with van der Waals surface area (Å²) >= 11 is 0. The van der Waals surface area contributed by atoms with Crippen molar-refractivity contribution < 1.29 is 9.59 Å². The maximum Gasteiger partial charge on any atom is 0.228 e. The van der Waals surface area contributed by atoms with Gasteiger partial charge in [-0.1, -0.05) is 31.0 Å². The van der Waals surface area contributed by atoms with Crippen molar-refractivity contribution in [1.29, 1.82) is 0 Å². The molecule has 1 aliphatic carbocycles. The van der Waals surface area contributed by atoms with Gasteiger partial charge in [-0.25, -0.2) is 4.68 Å². The molecule has 4 rings (SSSR count). The molecule has 1 aromatic heterocycles. The van der Waals surface area contributed by atoms with Gasteiger partial charge in [-0.15, -0.1) is 0 Å². The second-order valence-electron chi connectivity index (χ2n) is 8.40. The number of benzene rings is 1. The third-order valence-electron chi connectivity index (χ3n) is 6.29. The number of hydrogen-bond donors (Lipinski definition) is 1. The number of piperidine rings is 1. The topological polar surface area (TPSA) is 67.2 Å². The number of ketones is 1. The second-order valence-corrected chi connectivity index (χ2v) is 8.40. The number of nitrogens with one attached hydrogen (secondary N) is 1. The third kappa shape index (κ3) is 4.75. The molecule has 1 saturated carbocycles. The molecule has 2 fully saturated rings. The van der Waals surface area contributed by atoms with Crippen molar-refractivity contribution in [2.24, 2.45) is 5.92 Å². The van der Waals surface area contributed by atoms with Crippen molar-refractivity contribution in [1.82, 2.24) is 14.7 Å². The molecular formula is C23H30N4O2. The van der Waals surface area contributed by atoms with Gasteiger partial charge in [0.2, 0.25) is 5.91 Å². The van der Waals surface area contributed by atoms with Crippen LogP contribution in [0.5, 0.6) is 0 Å². The Bertz CT molecular complexity index is 861. The first-order chi connectivity index (χ1) is 14.1. The Morgan fingerprint density at radius 1 is 1.10 bits per heavy atom. The summed E-state index contributed by atoms with van der Waals surface area (Å²) in [5, 5.41) is 7.62. The van der Waals surface area contributed by atoms with E-state index in [9.17, 15) is 9.59 Å². The number of likely N-dealkylation sites (tertiary alicyclic amines) is 1. The maximum atomic E-state index is 12.5. The Labute approximate surface area is 172 Å². The predicted molar refractivity (Wildman–Crippen MR) is 113 cm³/mol. The van der Waals surface area contributed by atoms with Gasteiger partial charge in [0.05, 0.1) is 12.2 Å². The number of hydrogen-bond acceptors (Lipinski definition) is 4. The molecule has 0 unspecified atom stereocenters. The molecule has 6 heteroatoms. The van der Waals surface area contributed by atoms with Crippen molar-refractivity contribution in [3.05, 3.63) is 47.7 Å². The molecule has 1 aliphatic heterocycles. The molecule has 0 radical (unpaired) electrons. The van der Waals surface area contributed by atoms with Gasteiger partial charge in [-0.05, 0) is 44.2 Å². The van der Waals surface area contributed by atoms with Crippen LogP contribution in [0.1, 0.15) is 67.4 Å². The maximum absolute atomic E-state index is 12.5. The molecular weight excluding hydrogens is 364 g/mol. The molecule has 0 spiro atoms. The number of aromatic nitrogens is 2. The average Bonchev–Trinajstić information content (AvgIpc) is 3.41. The number of carbonyl (C=O) groups excluding carboxylic acids is 2. The van der Waals surface area contributed by atoms with Gasteiger partial charge in [-0.2, -0.15) is 5.10 Å². The number of Topliss-reactive ketones (excluding diaryl/α,β-unsaturated/α-hetero) is 1. The third-order valence-corrected chi connectivity index (χ3v) is 6.29. The molecule has 1 aromatic carbocycles. The first-order valence-electron chi connectivity index (χ1n) is 10.8. The normalized spacial score (nSPS) is 18.8. The van der Waals surface area contributed by atoms with Gasteiger partial charge in [0.15, 0.2) is 5.78 Å². The summed E-state index contributed by atoms with van der Waals surface area (Å²) in [4.78, 5) is 26.5. The van der Waals surface area contributed by atoms with Gasteiger partial charge >= 0.3 is 0 Å². The summed E-state index contributed by atoms with van der Waals surface area (Å²) in [6, 6.07) is 10.1. The van der Waals surface area contributed by atoms with Crippen molar-refractivity contribution in [2.45, 2.75) is 58.0 Å². The largest absolute Gasteiger partial charge is 0.311 e. The smallest absolute Gasteiger partial charge is 0.228 e. The van der Waals surface area contributed by atoms with Gasteiger partial charge in [-0.3, -0.25) is 14.5 Å². The number of amides is 1. The Kier molecular flexibility index (Phi) is 6.09. The van der Waals surface area contributed by atoms with Crippen molar-refractivity contribution in [3.8, 4) is 0 Å². The number of rotatable bonds is 6. The molecule has 1 N–H and O–H groups in total. The van der Waals surface area contributed by atoms with Crippen LogP contribution in [0, 0.1) is 5.92 Å². The van der Waals surface area contributed by atoms with E-state index in [0.29, 0.717) is 6.04 Å². The lowest BCUT2D eigenvalue weighted by atomic mass is 10.0. The quantitative estimate of drug-likeness (QED) is 0.751. The molecule has 1 amide bonds. The second kappa shape index (κ2) is 8.91. The zero-order valence-electron chi connectivity index (χ0n) is 17.1.